The molecule has 0 aromatic heterocycles. The van der Waals surface area contributed by atoms with E-state index in [1.54, 1.807) is 0 Å². The number of aliphatic hydroxyl groups is 1. The molecule has 1 aromatic carbocycles. The second-order valence-corrected chi connectivity index (χ2v) is 5.02. The van der Waals surface area contributed by atoms with Crippen LogP contribution in [0.1, 0.15) is 32.3 Å². The highest BCUT2D eigenvalue weighted by Crippen LogP contribution is 2.34. The molecular formula is C15H21F3N2O2. The van der Waals surface area contributed by atoms with Gasteiger partial charge in [0.25, 0.3) is 0 Å². The zero-order valence-corrected chi connectivity index (χ0v) is 12.6. The highest BCUT2D eigenvalue weighted by molar-refractivity contribution is 5.90. The summed E-state index contributed by atoms with van der Waals surface area (Å²) in [4.78, 5) is 11.7. The number of alkyl halides is 3. The Balaban J connectivity index is 2.63. The quantitative estimate of drug-likeness (QED) is 0.750. The van der Waals surface area contributed by atoms with Crippen LogP contribution in [-0.4, -0.2) is 23.8 Å². The predicted molar refractivity (Wildman–Crippen MR) is 78.5 cm³/mol. The third-order valence-electron chi connectivity index (χ3n) is 3.55. The Morgan fingerprint density at radius 3 is 2.36 bits per heavy atom. The summed E-state index contributed by atoms with van der Waals surface area (Å²) in [5, 5.41) is 14.4. The predicted octanol–water partition coefficient (Wildman–Crippen LogP) is 3.62. The van der Waals surface area contributed by atoms with Crippen LogP contribution in [0.15, 0.2) is 24.3 Å². The number of hydrogen-bond donors (Lipinski definition) is 3. The number of carbonyl (C=O) groups is 1. The number of halogens is 3. The molecule has 3 N–H and O–H groups in total. The van der Waals surface area contributed by atoms with Crippen molar-refractivity contribution in [1.82, 2.24) is 5.32 Å². The standard InChI is InChI=1S/C15H21F3N2O2/c1-3-10(4-2)13(21)9-19-14(22)20-12-8-6-5-7-11(12)15(16,17)18/h5-8,10,13,21H,3-4,9H2,1-2H3,(H2,19,20,22). The van der Waals surface area contributed by atoms with Crippen LogP contribution in [0.4, 0.5) is 23.7 Å². The highest BCUT2D eigenvalue weighted by atomic mass is 19.4. The Bertz CT molecular complexity index is 488. The molecule has 0 bridgehead atoms. The molecule has 1 rings (SSSR count). The normalized spacial score (nSPS) is 13.0. The maximum absolute atomic E-state index is 12.8. The first-order valence-corrected chi connectivity index (χ1v) is 7.18. The van der Waals surface area contributed by atoms with Gasteiger partial charge in [0, 0.05) is 6.54 Å². The fourth-order valence-electron chi connectivity index (χ4n) is 2.20. The number of anilines is 1. The van der Waals surface area contributed by atoms with Gasteiger partial charge in [0.15, 0.2) is 0 Å². The smallest absolute Gasteiger partial charge is 0.391 e. The van der Waals surface area contributed by atoms with Gasteiger partial charge < -0.3 is 15.7 Å². The number of nitrogens with one attached hydrogen (secondary N) is 2. The van der Waals surface area contributed by atoms with E-state index in [2.05, 4.69) is 10.6 Å². The van der Waals surface area contributed by atoms with Gasteiger partial charge >= 0.3 is 12.2 Å². The number of hydrogen-bond acceptors (Lipinski definition) is 2. The number of rotatable bonds is 6. The fraction of sp³-hybridized carbons (Fsp3) is 0.533. The third-order valence-corrected chi connectivity index (χ3v) is 3.55. The van der Waals surface area contributed by atoms with Gasteiger partial charge in [-0.05, 0) is 18.1 Å². The molecule has 2 amide bonds. The molecule has 0 spiro atoms. The third kappa shape index (κ3) is 5.22. The molecular weight excluding hydrogens is 297 g/mol. The Morgan fingerprint density at radius 2 is 1.82 bits per heavy atom. The summed E-state index contributed by atoms with van der Waals surface area (Å²) >= 11 is 0. The Hall–Kier alpha value is -1.76. The molecule has 0 saturated heterocycles. The van der Waals surface area contributed by atoms with Crippen molar-refractivity contribution in [2.24, 2.45) is 5.92 Å². The number of urea groups is 1. The molecule has 0 aliphatic carbocycles. The monoisotopic (exact) mass is 318 g/mol. The van der Waals surface area contributed by atoms with Gasteiger partial charge in [0.05, 0.1) is 17.4 Å². The lowest BCUT2D eigenvalue weighted by Gasteiger charge is -2.20. The molecule has 0 aliphatic rings. The van der Waals surface area contributed by atoms with E-state index in [9.17, 15) is 23.1 Å². The van der Waals surface area contributed by atoms with E-state index >= 15 is 0 Å². The maximum atomic E-state index is 12.8. The second kappa shape index (κ2) is 8.03. The van der Waals surface area contributed by atoms with Crippen molar-refractivity contribution in [1.29, 1.82) is 0 Å². The molecule has 124 valence electrons. The number of amides is 2. The molecule has 7 heteroatoms. The minimum atomic E-state index is -4.54. The first-order chi connectivity index (χ1) is 10.3. The second-order valence-electron chi connectivity index (χ2n) is 5.02. The largest absolute Gasteiger partial charge is 0.418 e. The van der Waals surface area contributed by atoms with Crippen LogP contribution in [-0.2, 0) is 6.18 Å². The zero-order chi connectivity index (χ0) is 16.8. The minimum Gasteiger partial charge on any atom is -0.391 e. The Labute approximate surface area is 127 Å². The lowest BCUT2D eigenvalue weighted by Crippen LogP contribution is -2.38. The first-order valence-electron chi connectivity index (χ1n) is 7.18. The Kier molecular flexibility index (Phi) is 6.67. The van der Waals surface area contributed by atoms with Crippen molar-refractivity contribution >= 4 is 11.7 Å². The summed E-state index contributed by atoms with van der Waals surface area (Å²) in [6.45, 7) is 3.85. The van der Waals surface area contributed by atoms with E-state index in [1.807, 2.05) is 13.8 Å². The lowest BCUT2D eigenvalue weighted by atomic mass is 9.97. The first kappa shape index (κ1) is 18.3. The molecule has 0 saturated carbocycles. The summed E-state index contributed by atoms with van der Waals surface area (Å²) in [5.41, 5.74) is -1.23. The molecule has 0 radical (unpaired) electrons. The number of benzene rings is 1. The highest BCUT2D eigenvalue weighted by Gasteiger charge is 2.33. The van der Waals surface area contributed by atoms with Crippen LogP contribution in [0.3, 0.4) is 0 Å². The van der Waals surface area contributed by atoms with Gasteiger partial charge in [-0.2, -0.15) is 13.2 Å². The van der Waals surface area contributed by atoms with E-state index < -0.39 is 23.9 Å². The van der Waals surface area contributed by atoms with Crippen LogP contribution in [0.25, 0.3) is 0 Å². The molecule has 0 fully saturated rings. The molecule has 0 aliphatic heterocycles. The van der Waals surface area contributed by atoms with Crippen LogP contribution in [0.2, 0.25) is 0 Å². The van der Waals surface area contributed by atoms with Crippen LogP contribution in [0.5, 0.6) is 0 Å². The van der Waals surface area contributed by atoms with Crippen molar-refractivity contribution in [3.05, 3.63) is 29.8 Å². The van der Waals surface area contributed by atoms with Crippen molar-refractivity contribution in [3.63, 3.8) is 0 Å². The molecule has 1 aromatic rings. The van der Waals surface area contributed by atoms with E-state index in [4.69, 9.17) is 0 Å². The van der Waals surface area contributed by atoms with Crippen molar-refractivity contribution in [3.8, 4) is 0 Å². The molecule has 1 unspecified atom stereocenters. The Morgan fingerprint density at radius 1 is 1.23 bits per heavy atom. The SMILES string of the molecule is CCC(CC)C(O)CNC(=O)Nc1ccccc1C(F)(F)F. The lowest BCUT2D eigenvalue weighted by molar-refractivity contribution is -0.136. The minimum absolute atomic E-state index is 0.00757. The van der Waals surface area contributed by atoms with E-state index in [0.29, 0.717) is 0 Å². The number of para-hydroxylation sites is 1. The molecule has 1 atom stereocenters. The van der Waals surface area contributed by atoms with Gasteiger partial charge in [0.2, 0.25) is 0 Å². The molecule has 0 heterocycles. The average molecular weight is 318 g/mol. The molecule has 22 heavy (non-hydrogen) atoms. The molecule has 4 nitrogen and oxygen atoms in total. The van der Waals surface area contributed by atoms with Gasteiger partial charge in [-0.25, -0.2) is 4.79 Å². The summed E-state index contributed by atoms with van der Waals surface area (Å²) in [7, 11) is 0. The topological polar surface area (TPSA) is 61.4 Å². The average Bonchev–Trinajstić information content (AvgIpc) is 2.46. The summed E-state index contributed by atoms with van der Waals surface area (Å²) in [6.07, 6.45) is -3.74. The van der Waals surface area contributed by atoms with Gasteiger partial charge in [-0.3, -0.25) is 0 Å². The zero-order valence-electron chi connectivity index (χ0n) is 12.6. The van der Waals surface area contributed by atoms with Crippen molar-refractivity contribution < 1.29 is 23.1 Å². The van der Waals surface area contributed by atoms with E-state index in [0.717, 1.165) is 18.9 Å². The van der Waals surface area contributed by atoms with Crippen LogP contribution >= 0.6 is 0 Å². The number of aliphatic hydroxyl groups excluding tert-OH is 1. The van der Waals surface area contributed by atoms with Crippen LogP contribution in [0, 0.1) is 5.92 Å². The van der Waals surface area contributed by atoms with Gasteiger partial charge in [-0.15, -0.1) is 0 Å². The van der Waals surface area contributed by atoms with E-state index in [-0.39, 0.29) is 18.2 Å². The summed E-state index contributed by atoms with van der Waals surface area (Å²) in [6, 6.07) is 3.96. The maximum Gasteiger partial charge on any atom is 0.418 e. The summed E-state index contributed by atoms with van der Waals surface area (Å²) in [5.74, 6) is 0.0442. The van der Waals surface area contributed by atoms with Gasteiger partial charge in [-0.1, -0.05) is 38.8 Å². The van der Waals surface area contributed by atoms with E-state index in [1.165, 1.54) is 18.2 Å². The summed E-state index contributed by atoms with van der Waals surface area (Å²) < 4.78 is 38.4. The van der Waals surface area contributed by atoms with Crippen molar-refractivity contribution in [2.45, 2.75) is 39.0 Å². The fourth-order valence-corrected chi connectivity index (χ4v) is 2.20. The van der Waals surface area contributed by atoms with Crippen molar-refractivity contribution in [2.75, 3.05) is 11.9 Å². The van der Waals surface area contributed by atoms with Gasteiger partial charge in [0.1, 0.15) is 0 Å². The van der Waals surface area contributed by atoms with Crippen LogP contribution < -0.4 is 10.6 Å². The number of carbonyl (C=O) groups excluding carboxylic acids is 1.